The number of hydrogen-bond donors (Lipinski definition) is 0. The topological polar surface area (TPSA) is 52.8 Å². The number of rotatable bonds is 6. The molecule has 1 aromatic carbocycles. The highest BCUT2D eigenvalue weighted by Gasteiger charge is 2.13. The number of carbonyl (C=O) groups excluding carboxylic acids is 1. The predicted octanol–water partition coefficient (Wildman–Crippen LogP) is 4.60. The van der Waals surface area contributed by atoms with Crippen molar-refractivity contribution in [1.29, 1.82) is 0 Å². The van der Waals surface area contributed by atoms with Crippen molar-refractivity contribution in [1.82, 2.24) is 9.38 Å². The third-order valence-corrected chi connectivity index (χ3v) is 4.04. The summed E-state index contributed by atoms with van der Waals surface area (Å²) < 4.78 is 36.8. The Morgan fingerprint density at radius 3 is 2.81 bits per heavy atom. The van der Waals surface area contributed by atoms with E-state index in [2.05, 4.69) is 25.7 Å². The van der Waals surface area contributed by atoms with Gasteiger partial charge in [0.25, 0.3) is 0 Å². The van der Waals surface area contributed by atoms with E-state index in [1.165, 1.54) is 31.4 Å². The first-order chi connectivity index (χ1) is 12.5. The summed E-state index contributed by atoms with van der Waals surface area (Å²) in [5.41, 5.74) is 1.75. The van der Waals surface area contributed by atoms with Gasteiger partial charge in [0, 0.05) is 16.2 Å². The summed E-state index contributed by atoms with van der Waals surface area (Å²) in [6, 6.07) is 7.75. The van der Waals surface area contributed by atoms with Gasteiger partial charge in [0.15, 0.2) is 17.3 Å². The molecular weight excluding hydrogens is 410 g/mol. The number of methoxy groups -OCH3 is 1. The summed E-state index contributed by atoms with van der Waals surface area (Å²) in [5, 5.41) is 0. The van der Waals surface area contributed by atoms with Gasteiger partial charge in [0.1, 0.15) is 5.65 Å². The molecular formula is C18H13BrF2N2O3. The van der Waals surface area contributed by atoms with E-state index in [-0.39, 0.29) is 22.8 Å². The molecule has 0 saturated carbocycles. The number of pyridine rings is 1. The van der Waals surface area contributed by atoms with E-state index in [0.29, 0.717) is 0 Å². The van der Waals surface area contributed by atoms with Gasteiger partial charge in [-0.3, -0.25) is 9.20 Å². The van der Waals surface area contributed by atoms with Crippen molar-refractivity contribution >= 4 is 33.4 Å². The van der Waals surface area contributed by atoms with E-state index in [1.807, 2.05) is 22.7 Å². The predicted molar refractivity (Wildman–Crippen MR) is 95.9 cm³/mol. The monoisotopic (exact) mass is 422 g/mol. The van der Waals surface area contributed by atoms with Gasteiger partial charge in [0.05, 0.1) is 19.0 Å². The molecule has 3 rings (SSSR count). The van der Waals surface area contributed by atoms with Gasteiger partial charge in [0.2, 0.25) is 0 Å². The minimum absolute atomic E-state index is 0.0586. The SMILES string of the molecule is COc1cc(C(=O)C=Cc2cnc3ccc(Br)cn23)ccc1OC(F)F. The van der Waals surface area contributed by atoms with E-state index < -0.39 is 6.61 Å². The van der Waals surface area contributed by atoms with E-state index in [0.717, 1.165) is 15.8 Å². The van der Waals surface area contributed by atoms with Crippen LogP contribution in [0.5, 0.6) is 11.5 Å². The molecule has 2 heterocycles. The van der Waals surface area contributed by atoms with Crippen LogP contribution in [-0.4, -0.2) is 28.9 Å². The van der Waals surface area contributed by atoms with E-state index >= 15 is 0 Å². The highest BCUT2D eigenvalue weighted by Crippen LogP contribution is 2.29. The van der Waals surface area contributed by atoms with Crippen LogP contribution in [-0.2, 0) is 0 Å². The molecule has 0 aliphatic carbocycles. The molecule has 134 valence electrons. The van der Waals surface area contributed by atoms with Gasteiger partial charge in [-0.15, -0.1) is 0 Å². The molecule has 0 amide bonds. The first-order valence-electron chi connectivity index (χ1n) is 7.46. The van der Waals surface area contributed by atoms with E-state index in [4.69, 9.17) is 4.74 Å². The molecule has 0 fully saturated rings. The molecule has 0 radical (unpaired) electrons. The van der Waals surface area contributed by atoms with Crippen molar-refractivity contribution in [2.45, 2.75) is 6.61 Å². The highest BCUT2D eigenvalue weighted by molar-refractivity contribution is 9.10. The van der Waals surface area contributed by atoms with Crippen LogP contribution in [0.1, 0.15) is 16.1 Å². The fraction of sp³-hybridized carbons (Fsp3) is 0.111. The minimum Gasteiger partial charge on any atom is -0.493 e. The summed E-state index contributed by atoms with van der Waals surface area (Å²) in [7, 11) is 1.31. The van der Waals surface area contributed by atoms with Crippen molar-refractivity contribution in [3.8, 4) is 11.5 Å². The third kappa shape index (κ3) is 3.91. The summed E-state index contributed by atoms with van der Waals surface area (Å²) in [6.45, 7) is -2.97. The quantitative estimate of drug-likeness (QED) is 0.430. The number of nitrogens with zero attached hydrogens (tertiary/aromatic N) is 2. The standard InChI is InChI=1S/C18H13BrF2N2O3/c1-25-16-8-11(2-6-15(16)26-18(20)21)14(24)5-4-13-9-22-17-7-3-12(19)10-23(13)17/h2-10,18H,1H3. The zero-order valence-electron chi connectivity index (χ0n) is 13.5. The summed E-state index contributed by atoms with van der Waals surface area (Å²) in [4.78, 5) is 16.6. The zero-order chi connectivity index (χ0) is 18.7. The van der Waals surface area contributed by atoms with Crippen LogP contribution < -0.4 is 9.47 Å². The molecule has 0 aliphatic rings. The molecule has 8 heteroatoms. The Kier molecular flexibility index (Phi) is 5.32. The Bertz CT molecular complexity index is 986. The molecule has 0 unspecified atom stereocenters. The number of halogens is 3. The van der Waals surface area contributed by atoms with Gasteiger partial charge in [-0.1, -0.05) is 0 Å². The van der Waals surface area contributed by atoms with Crippen molar-refractivity contribution in [2.75, 3.05) is 7.11 Å². The van der Waals surface area contributed by atoms with E-state index in [1.54, 1.807) is 12.3 Å². The average Bonchev–Trinajstić information content (AvgIpc) is 3.01. The molecule has 0 atom stereocenters. The molecule has 0 aliphatic heterocycles. The van der Waals surface area contributed by atoms with Crippen LogP contribution in [0.3, 0.4) is 0 Å². The van der Waals surface area contributed by atoms with Crippen molar-refractivity contribution < 1.29 is 23.0 Å². The van der Waals surface area contributed by atoms with Crippen LogP contribution >= 0.6 is 15.9 Å². The zero-order valence-corrected chi connectivity index (χ0v) is 15.1. The van der Waals surface area contributed by atoms with Crippen LogP contribution in [0.2, 0.25) is 0 Å². The third-order valence-electron chi connectivity index (χ3n) is 3.57. The Balaban J connectivity index is 1.85. The number of fused-ring (bicyclic) bond motifs is 1. The number of hydrogen-bond acceptors (Lipinski definition) is 4. The van der Waals surface area contributed by atoms with Crippen molar-refractivity contribution in [2.24, 2.45) is 0 Å². The molecule has 3 aromatic rings. The number of aromatic nitrogens is 2. The smallest absolute Gasteiger partial charge is 0.387 e. The lowest BCUT2D eigenvalue weighted by Gasteiger charge is -2.10. The first kappa shape index (κ1) is 18.1. The second kappa shape index (κ2) is 7.65. The fourth-order valence-corrected chi connectivity index (χ4v) is 2.71. The lowest BCUT2D eigenvalue weighted by Crippen LogP contribution is -2.04. The van der Waals surface area contributed by atoms with Gasteiger partial charge < -0.3 is 9.47 Å². The molecule has 2 aromatic heterocycles. The molecule has 26 heavy (non-hydrogen) atoms. The average molecular weight is 423 g/mol. The minimum atomic E-state index is -2.97. The van der Waals surface area contributed by atoms with Crippen LogP contribution in [0.4, 0.5) is 8.78 Å². The Labute approximate surface area is 156 Å². The van der Waals surface area contributed by atoms with Gasteiger partial charge >= 0.3 is 6.61 Å². The van der Waals surface area contributed by atoms with Crippen molar-refractivity contribution in [3.05, 3.63) is 64.5 Å². The second-order valence-corrected chi connectivity index (χ2v) is 6.12. The fourth-order valence-electron chi connectivity index (χ4n) is 2.37. The Morgan fingerprint density at radius 2 is 2.08 bits per heavy atom. The van der Waals surface area contributed by atoms with Crippen LogP contribution in [0.25, 0.3) is 11.7 Å². The van der Waals surface area contributed by atoms with Crippen LogP contribution in [0, 0.1) is 0 Å². The normalized spacial score (nSPS) is 11.4. The maximum absolute atomic E-state index is 12.4. The summed E-state index contributed by atoms with van der Waals surface area (Å²) >= 11 is 3.39. The van der Waals surface area contributed by atoms with Crippen LogP contribution in [0.15, 0.2) is 53.3 Å². The number of alkyl halides is 2. The number of ketones is 1. The Hall–Kier alpha value is -2.74. The lowest BCUT2D eigenvalue weighted by atomic mass is 10.1. The molecule has 5 nitrogen and oxygen atoms in total. The molecule has 0 saturated heterocycles. The van der Waals surface area contributed by atoms with Crippen molar-refractivity contribution in [3.63, 3.8) is 0 Å². The molecule has 0 N–H and O–H groups in total. The maximum atomic E-state index is 12.4. The van der Waals surface area contributed by atoms with Gasteiger partial charge in [-0.2, -0.15) is 8.78 Å². The highest BCUT2D eigenvalue weighted by atomic mass is 79.9. The summed E-state index contributed by atoms with van der Waals surface area (Å²) in [6.07, 6.45) is 6.50. The lowest BCUT2D eigenvalue weighted by molar-refractivity contribution is -0.0512. The van der Waals surface area contributed by atoms with Gasteiger partial charge in [-0.05, 0) is 58.4 Å². The molecule has 0 spiro atoms. The Morgan fingerprint density at radius 1 is 1.27 bits per heavy atom. The number of ether oxygens (including phenoxy) is 2. The maximum Gasteiger partial charge on any atom is 0.387 e. The summed E-state index contributed by atoms with van der Waals surface area (Å²) in [5.74, 6) is -0.380. The van der Waals surface area contributed by atoms with Gasteiger partial charge in [-0.25, -0.2) is 4.98 Å². The number of allylic oxidation sites excluding steroid dienone is 1. The molecule has 0 bridgehead atoms. The van der Waals surface area contributed by atoms with E-state index in [9.17, 15) is 13.6 Å². The largest absolute Gasteiger partial charge is 0.493 e. The number of imidazole rings is 1. The number of carbonyl (C=O) groups is 1. The second-order valence-electron chi connectivity index (χ2n) is 5.20. The number of benzene rings is 1. The first-order valence-corrected chi connectivity index (χ1v) is 8.25.